The fraction of sp³-hybridized carbons (Fsp3) is 0.511. The molecule has 1 nitrogen and oxygen atoms in total. The van der Waals surface area contributed by atoms with Gasteiger partial charge in [-0.1, -0.05) is 143 Å². The number of aliphatic hydroxyl groups is 1. The van der Waals surface area contributed by atoms with Crippen molar-refractivity contribution in [3.05, 3.63) is 130 Å². The van der Waals surface area contributed by atoms with Gasteiger partial charge in [0.1, 0.15) is 0 Å². The van der Waals surface area contributed by atoms with E-state index in [1.165, 1.54) is 39.9 Å². The van der Waals surface area contributed by atoms with Crippen LogP contribution < -0.4 is 0 Å². The lowest BCUT2D eigenvalue weighted by Gasteiger charge is -2.45. The van der Waals surface area contributed by atoms with E-state index in [0.29, 0.717) is 11.8 Å². The molecule has 0 heterocycles. The lowest BCUT2D eigenvalue weighted by Crippen LogP contribution is -2.36. The van der Waals surface area contributed by atoms with E-state index in [1.54, 1.807) is 5.57 Å². The topological polar surface area (TPSA) is 20.2 Å². The molecule has 1 aliphatic rings. The van der Waals surface area contributed by atoms with Crippen molar-refractivity contribution in [1.82, 2.24) is 0 Å². The molecule has 0 spiro atoms. The zero-order chi connectivity index (χ0) is 34.5. The fourth-order valence-corrected chi connectivity index (χ4v) is 6.08. The Balaban J connectivity index is 2.56. The second-order valence-electron chi connectivity index (χ2n) is 14.6. The van der Waals surface area contributed by atoms with Crippen LogP contribution in [0.15, 0.2) is 130 Å². The standard InChI is InChI=1S/C45H68O/c1-35(2)18-14-21-38(5)24-16-26-39(6)25-15-22-36(3)19-12-13-20-37(4)23-17-27-40(7)29-33-44-42(9)30-32-43(45(44,10)11)31-28-41(8)34-46/h12-13,15,17-20,22-25,27-28,30,43-44,46H,14,16,21,26,29,31-34H2,1-11H3/b13-12+,22-15+,23-17+,36-19+,37-20+,38-24+,39-25+,40-27+,41-28+. The van der Waals surface area contributed by atoms with Crippen LogP contribution in [0.1, 0.15) is 128 Å². The van der Waals surface area contributed by atoms with E-state index in [1.807, 2.05) is 6.92 Å². The molecule has 46 heavy (non-hydrogen) atoms. The lowest BCUT2D eigenvalue weighted by molar-refractivity contribution is 0.119. The second kappa shape index (κ2) is 22.6. The van der Waals surface area contributed by atoms with Crippen molar-refractivity contribution in [2.24, 2.45) is 17.3 Å². The molecule has 0 bridgehead atoms. The summed E-state index contributed by atoms with van der Waals surface area (Å²) >= 11 is 0. The van der Waals surface area contributed by atoms with Crippen molar-refractivity contribution >= 4 is 0 Å². The highest BCUT2D eigenvalue weighted by molar-refractivity contribution is 5.30. The summed E-state index contributed by atoms with van der Waals surface area (Å²) in [6.07, 6.45) is 40.3. The number of allylic oxidation sites excluding steroid dienone is 21. The van der Waals surface area contributed by atoms with Gasteiger partial charge >= 0.3 is 0 Å². The van der Waals surface area contributed by atoms with Crippen LogP contribution in [0, 0.1) is 17.3 Å². The average molecular weight is 625 g/mol. The van der Waals surface area contributed by atoms with E-state index in [-0.39, 0.29) is 12.0 Å². The van der Waals surface area contributed by atoms with Gasteiger partial charge in [-0.05, 0) is 131 Å². The van der Waals surface area contributed by atoms with Crippen molar-refractivity contribution in [3.63, 3.8) is 0 Å². The van der Waals surface area contributed by atoms with E-state index in [2.05, 4.69) is 154 Å². The van der Waals surface area contributed by atoms with E-state index in [0.717, 1.165) is 50.5 Å². The molecule has 0 aromatic heterocycles. The highest BCUT2D eigenvalue weighted by Crippen LogP contribution is 2.49. The largest absolute Gasteiger partial charge is 0.392 e. The minimum absolute atomic E-state index is 0.163. The van der Waals surface area contributed by atoms with Gasteiger partial charge in [0.05, 0.1) is 6.61 Å². The molecule has 0 saturated carbocycles. The maximum absolute atomic E-state index is 9.40. The first-order chi connectivity index (χ1) is 21.8. The van der Waals surface area contributed by atoms with Gasteiger partial charge in [-0.3, -0.25) is 0 Å². The number of hydrogen-bond donors (Lipinski definition) is 1. The van der Waals surface area contributed by atoms with Crippen LogP contribution in [0.4, 0.5) is 0 Å². The molecule has 2 atom stereocenters. The molecular weight excluding hydrogens is 556 g/mol. The summed E-state index contributed by atoms with van der Waals surface area (Å²) in [6.45, 7) is 24.8. The molecule has 0 fully saturated rings. The Morgan fingerprint density at radius 3 is 1.80 bits per heavy atom. The summed E-state index contributed by atoms with van der Waals surface area (Å²) in [5.74, 6) is 1.22. The minimum atomic E-state index is 0.163. The fourth-order valence-electron chi connectivity index (χ4n) is 6.08. The normalized spacial score (nSPS) is 20.7. The van der Waals surface area contributed by atoms with Crippen LogP contribution in [-0.4, -0.2) is 11.7 Å². The number of hydrogen-bond acceptors (Lipinski definition) is 1. The Kier molecular flexibility index (Phi) is 20.2. The first kappa shape index (κ1) is 41.1. The quantitative estimate of drug-likeness (QED) is 0.119. The SMILES string of the molecule is CC(C)=CCC/C(C)=C/CC/C(C)=C/C=C/C(C)=C/C=C/C=C(C)/C=C/C=C(\C)CCC1C(C)=CCC(C/C=C(\C)CO)C1(C)C. The van der Waals surface area contributed by atoms with Gasteiger partial charge in [0.2, 0.25) is 0 Å². The second-order valence-corrected chi connectivity index (χ2v) is 14.6. The predicted molar refractivity (Wildman–Crippen MR) is 208 cm³/mol. The van der Waals surface area contributed by atoms with Gasteiger partial charge in [0.25, 0.3) is 0 Å². The van der Waals surface area contributed by atoms with E-state index in [4.69, 9.17) is 0 Å². The Morgan fingerprint density at radius 2 is 1.24 bits per heavy atom. The highest BCUT2D eigenvalue weighted by atomic mass is 16.3. The molecule has 0 saturated heterocycles. The van der Waals surface area contributed by atoms with E-state index in [9.17, 15) is 5.11 Å². The van der Waals surface area contributed by atoms with Crippen molar-refractivity contribution in [1.29, 1.82) is 0 Å². The Bertz CT molecular complexity index is 1270. The molecule has 254 valence electrons. The molecular formula is C45H68O. The molecule has 1 rings (SSSR count). The molecule has 0 amide bonds. The van der Waals surface area contributed by atoms with Crippen LogP contribution in [0.2, 0.25) is 0 Å². The molecule has 0 aromatic carbocycles. The van der Waals surface area contributed by atoms with Crippen LogP contribution in [0.25, 0.3) is 0 Å². The molecule has 0 aromatic rings. The number of rotatable bonds is 18. The molecule has 1 N–H and O–H groups in total. The first-order valence-corrected chi connectivity index (χ1v) is 17.7. The maximum Gasteiger partial charge on any atom is 0.0639 e. The summed E-state index contributed by atoms with van der Waals surface area (Å²) in [7, 11) is 0. The van der Waals surface area contributed by atoms with Crippen LogP contribution in [0.5, 0.6) is 0 Å². The Hall–Kier alpha value is -2.90. The van der Waals surface area contributed by atoms with Crippen molar-refractivity contribution < 1.29 is 5.11 Å². The zero-order valence-corrected chi connectivity index (χ0v) is 31.5. The van der Waals surface area contributed by atoms with Gasteiger partial charge in [0, 0.05) is 0 Å². The lowest BCUT2D eigenvalue weighted by atomic mass is 9.60. The van der Waals surface area contributed by atoms with Gasteiger partial charge in [-0.25, -0.2) is 0 Å². The van der Waals surface area contributed by atoms with Crippen molar-refractivity contribution in [2.45, 2.75) is 128 Å². The summed E-state index contributed by atoms with van der Waals surface area (Å²) in [6, 6.07) is 0. The third-order valence-electron chi connectivity index (χ3n) is 9.48. The number of aliphatic hydroxyl groups excluding tert-OH is 1. The molecule has 0 aliphatic heterocycles. The highest BCUT2D eigenvalue weighted by Gasteiger charge is 2.39. The third kappa shape index (κ3) is 17.7. The maximum atomic E-state index is 9.40. The third-order valence-corrected chi connectivity index (χ3v) is 9.48. The molecule has 1 aliphatic carbocycles. The van der Waals surface area contributed by atoms with Crippen LogP contribution in [0.3, 0.4) is 0 Å². The van der Waals surface area contributed by atoms with Crippen molar-refractivity contribution in [3.8, 4) is 0 Å². The monoisotopic (exact) mass is 625 g/mol. The van der Waals surface area contributed by atoms with Gasteiger partial charge in [-0.15, -0.1) is 0 Å². The smallest absolute Gasteiger partial charge is 0.0639 e. The molecule has 0 radical (unpaired) electrons. The van der Waals surface area contributed by atoms with Gasteiger partial charge in [-0.2, -0.15) is 0 Å². The molecule has 1 heteroatoms. The van der Waals surface area contributed by atoms with E-state index >= 15 is 0 Å². The zero-order valence-electron chi connectivity index (χ0n) is 31.5. The van der Waals surface area contributed by atoms with Crippen LogP contribution >= 0.6 is 0 Å². The average Bonchev–Trinajstić information content (AvgIpc) is 2.98. The van der Waals surface area contributed by atoms with Crippen molar-refractivity contribution in [2.75, 3.05) is 6.61 Å². The Morgan fingerprint density at radius 1 is 0.696 bits per heavy atom. The summed E-state index contributed by atoms with van der Waals surface area (Å²) in [4.78, 5) is 0. The van der Waals surface area contributed by atoms with Crippen LogP contribution in [-0.2, 0) is 0 Å². The molecule has 2 unspecified atom stereocenters. The summed E-state index contributed by atoms with van der Waals surface area (Å²) in [5.41, 5.74) is 11.1. The minimum Gasteiger partial charge on any atom is -0.392 e. The van der Waals surface area contributed by atoms with Gasteiger partial charge < -0.3 is 5.11 Å². The summed E-state index contributed by atoms with van der Waals surface area (Å²) < 4.78 is 0. The summed E-state index contributed by atoms with van der Waals surface area (Å²) in [5, 5.41) is 9.40. The first-order valence-electron chi connectivity index (χ1n) is 17.7. The predicted octanol–water partition coefficient (Wildman–Crippen LogP) is 13.6. The Labute approximate surface area is 285 Å². The van der Waals surface area contributed by atoms with Gasteiger partial charge in [0.15, 0.2) is 0 Å². The van der Waals surface area contributed by atoms with E-state index < -0.39 is 0 Å².